The van der Waals surface area contributed by atoms with Crippen LogP contribution < -0.4 is 14.8 Å². The average molecular weight is 328 g/mol. The van der Waals surface area contributed by atoms with E-state index in [0.717, 1.165) is 29.1 Å². The number of methoxy groups -OCH3 is 2. The molecule has 1 N–H and O–H groups in total. The lowest BCUT2D eigenvalue weighted by Crippen LogP contribution is -2.36. The first-order valence-electron chi connectivity index (χ1n) is 6.69. The molecule has 4 heteroatoms. The number of hydrogen-bond acceptors (Lipinski definition) is 3. The summed E-state index contributed by atoms with van der Waals surface area (Å²) in [5, 5.41) is 3.54. The molecule has 0 bridgehead atoms. The molecule has 1 aromatic rings. The molecule has 0 aromatic heterocycles. The van der Waals surface area contributed by atoms with E-state index in [9.17, 15) is 0 Å². The van der Waals surface area contributed by atoms with Crippen LogP contribution in [0, 0.1) is 5.41 Å². The van der Waals surface area contributed by atoms with E-state index in [0.29, 0.717) is 5.41 Å². The maximum atomic E-state index is 5.35. The zero-order valence-electron chi connectivity index (χ0n) is 11.9. The van der Waals surface area contributed by atoms with E-state index >= 15 is 0 Å². The zero-order chi connectivity index (χ0) is 13.9. The molecule has 0 spiro atoms. The second-order valence-corrected chi connectivity index (χ2v) is 6.44. The number of halogens is 1. The van der Waals surface area contributed by atoms with Crippen molar-refractivity contribution < 1.29 is 9.47 Å². The Labute approximate surface area is 123 Å². The molecule has 1 aromatic carbocycles. The van der Waals surface area contributed by atoms with Crippen molar-refractivity contribution in [1.82, 2.24) is 5.32 Å². The van der Waals surface area contributed by atoms with Gasteiger partial charge in [0.2, 0.25) is 0 Å². The van der Waals surface area contributed by atoms with E-state index < -0.39 is 0 Å². The van der Waals surface area contributed by atoms with Crippen LogP contribution in [-0.2, 0) is 6.54 Å². The minimum absolute atomic E-state index is 0.508. The van der Waals surface area contributed by atoms with Gasteiger partial charge in [0.05, 0.1) is 18.7 Å². The summed E-state index contributed by atoms with van der Waals surface area (Å²) in [6.45, 7) is 4.29. The fraction of sp³-hybridized carbons (Fsp3) is 0.600. The molecule has 0 radical (unpaired) electrons. The topological polar surface area (TPSA) is 30.5 Å². The molecular weight excluding hydrogens is 306 g/mol. The van der Waals surface area contributed by atoms with Crippen molar-refractivity contribution in [3.8, 4) is 11.5 Å². The summed E-state index contributed by atoms with van der Waals surface area (Å²) in [6, 6.07) is 4.11. The zero-order valence-corrected chi connectivity index (χ0v) is 13.5. The van der Waals surface area contributed by atoms with Crippen LogP contribution >= 0.6 is 15.9 Å². The van der Waals surface area contributed by atoms with Crippen molar-refractivity contribution >= 4 is 15.9 Å². The molecule has 0 heterocycles. The van der Waals surface area contributed by atoms with Gasteiger partial charge in [0, 0.05) is 13.1 Å². The minimum atomic E-state index is 0.508. The van der Waals surface area contributed by atoms with E-state index in [1.165, 1.54) is 24.8 Å². The highest BCUT2D eigenvalue weighted by Crippen LogP contribution is 2.40. The quantitative estimate of drug-likeness (QED) is 0.863. The van der Waals surface area contributed by atoms with Crippen LogP contribution in [0.25, 0.3) is 0 Å². The molecule has 0 unspecified atom stereocenters. The lowest BCUT2D eigenvalue weighted by atomic mass is 9.70. The van der Waals surface area contributed by atoms with E-state index in [1.54, 1.807) is 14.2 Å². The second kappa shape index (κ2) is 6.14. The minimum Gasteiger partial charge on any atom is -0.493 e. The normalized spacial score (nSPS) is 16.8. The third-order valence-electron chi connectivity index (χ3n) is 3.93. The summed E-state index contributed by atoms with van der Waals surface area (Å²) in [7, 11) is 3.31. The fourth-order valence-corrected chi connectivity index (χ4v) is 3.19. The van der Waals surface area contributed by atoms with Crippen molar-refractivity contribution in [3.63, 3.8) is 0 Å². The molecule has 1 saturated carbocycles. The number of rotatable bonds is 6. The summed E-state index contributed by atoms with van der Waals surface area (Å²) in [6.07, 6.45) is 4.06. The molecule has 1 fully saturated rings. The van der Waals surface area contributed by atoms with Crippen LogP contribution in [0.4, 0.5) is 0 Å². The van der Waals surface area contributed by atoms with Gasteiger partial charge in [-0.3, -0.25) is 0 Å². The lowest BCUT2D eigenvalue weighted by molar-refractivity contribution is 0.156. The standard InChI is InChI=1S/C15H22BrNO2/c1-15(5-4-6-15)10-17-9-11-7-12(16)14(19-3)13(8-11)18-2/h7-8,17H,4-6,9-10H2,1-3H3. The Hall–Kier alpha value is -0.740. The van der Waals surface area contributed by atoms with Crippen LogP contribution in [0.2, 0.25) is 0 Å². The second-order valence-electron chi connectivity index (χ2n) is 5.58. The molecule has 1 aliphatic rings. The Morgan fingerprint density at radius 2 is 2.00 bits per heavy atom. The van der Waals surface area contributed by atoms with Gasteiger partial charge >= 0.3 is 0 Å². The van der Waals surface area contributed by atoms with Gasteiger partial charge in [-0.1, -0.05) is 13.3 Å². The van der Waals surface area contributed by atoms with Crippen LogP contribution in [0.5, 0.6) is 11.5 Å². The van der Waals surface area contributed by atoms with E-state index in [2.05, 4.69) is 34.2 Å². The molecule has 2 rings (SSSR count). The van der Waals surface area contributed by atoms with Crippen LogP contribution in [0.3, 0.4) is 0 Å². The Morgan fingerprint density at radius 3 is 2.53 bits per heavy atom. The third-order valence-corrected chi connectivity index (χ3v) is 4.52. The van der Waals surface area contributed by atoms with Gasteiger partial charge in [-0.05, 0) is 51.9 Å². The molecule has 0 atom stereocenters. The fourth-order valence-electron chi connectivity index (χ4n) is 2.54. The monoisotopic (exact) mass is 327 g/mol. The van der Waals surface area contributed by atoms with Crippen LogP contribution in [-0.4, -0.2) is 20.8 Å². The van der Waals surface area contributed by atoms with Crippen molar-refractivity contribution in [2.24, 2.45) is 5.41 Å². The SMILES string of the molecule is COc1cc(CNCC2(C)CCC2)cc(Br)c1OC. The molecule has 19 heavy (non-hydrogen) atoms. The molecule has 1 aliphatic carbocycles. The van der Waals surface area contributed by atoms with E-state index in [1.807, 2.05) is 6.07 Å². The Kier molecular flexibility index (Phi) is 4.74. The largest absolute Gasteiger partial charge is 0.493 e. The maximum Gasteiger partial charge on any atom is 0.174 e. The highest BCUT2D eigenvalue weighted by atomic mass is 79.9. The van der Waals surface area contributed by atoms with Gasteiger partial charge in [-0.2, -0.15) is 0 Å². The third kappa shape index (κ3) is 3.42. The predicted molar refractivity (Wildman–Crippen MR) is 80.9 cm³/mol. The summed E-state index contributed by atoms with van der Waals surface area (Å²) < 4.78 is 11.6. The first-order chi connectivity index (χ1) is 9.08. The van der Waals surface area contributed by atoms with Crippen molar-refractivity contribution in [2.45, 2.75) is 32.7 Å². The van der Waals surface area contributed by atoms with Gasteiger partial charge in [0.15, 0.2) is 11.5 Å². The first kappa shape index (κ1) is 14.7. The summed E-state index contributed by atoms with van der Waals surface area (Å²) in [5.41, 5.74) is 1.71. The highest BCUT2D eigenvalue weighted by Gasteiger charge is 2.30. The Balaban J connectivity index is 1.98. The van der Waals surface area contributed by atoms with E-state index in [4.69, 9.17) is 9.47 Å². The van der Waals surface area contributed by atoms with Gasteiger partial charge in [-0.15, -0.1) is 0 Å². The predicted octanol–water partition coefficient (Wildman–Crippen LogP) is 3.75. The Morgan fingerprint density at radius 1 is 1.26 bits per heavy atom. The van der Waals surface area contributed by atoms with Gasteiger partial charge in [0.1, 0.15) is 0 Å². The van der Waals surface area contributed by atoms with Crippen molar-refractivity contribution in [2.75, 3.05) is 20.8 Å². The van der Waals surface area contributed by atoms with Gasteiger partial charge < -0.3 is 14.8 Å². The smallest absolute Gasteiger partial charge is 0.174 e. The van der Waals surface area contributed by atoms with Crippen molar-refractivity contribution in [1.29, 1.82) is 0 Å². The van der Waals surface area contributed by atoms with Gasteiger partial charge in [0.25, 0.3) is 0 Å². The summed E-state index contributed by atoms with van der Waals surface area (Å²) in [4.78, 5) is 0. The highest BCUT2D eigenvalue weighted by molar-refractivity contribution is 9.10. The molecule has 0 saturated heterocycles. The number of ether oxygens (including phenoxy) is 2. The average Bonchev–Trinajstić information content (AvgIpc) is 2.36. The van der Waals surface area contributed by atoms with E-state index in [-0.39, 0.29) is 0 Å². The summed E-state index contributed by atoms with van der Waals surface area (Å²) in [5.74, 6) is 1.51. The van der Waals surface area contributed by atoms with Crippen LogP contribution in [0.15, 0.2) is 16.6 Å². The molecular formula is C15H22BrNO2. The van der Waals surface area contributed by atoms with Crippen LogP contribution in [0.1, 0.15) is 31.7 Å². The lowest BCUT2D eigenvalue weighted by Gasteiger charge is -2.38. The molecule has 0 aliphatic heterocycles. The molecule has 106 valence electrons. The first-order valence-corrected chi connectivity index (χ1v) is 7.48. The molecule has 3 nitrogen and oxygen atoms in total. The number of hydrogen-bond donors (Lipinski definition) is 1. The Bertz CT molecular complexity index is 444. The van der Waals surface area contributed by atoms with Crippen molar-refractivity contribution in [3.05, 3.63) is 22.2 Å². The maximum absolute atomic E-state index is 5.35. The number of nitrogens with one attached hydrogen (secondary N) is 1. The number of benzene rings is 1. The summed E-state index contributed by atoms with van der Waals surface area (Å²) >= 11 is 3.52. The molecule has 0 amide bonds. The van der Waals surface area contributed by atoms with Gasteiger partial charge in [-0.25, -0.2) is 0 Å².